The zero-order valence-electron chi connectivity index (χ0n) is 14.5. The molecule has 134 valence electrons. The first kappa shape index (κ1) is 17.5. The lowest BCUT2D eigenvalue weighted by Crippen LogP contribution is -2.47. The predicted octanol–water partition coefficient (Wildman–Crippen LogP) is 2.68. The molecule has 0 bridgehead atoms. The second kappa shape index (κ2) is 7.74. The van der Waals surface area contributed by atoms with Gasteiger partial charge in [0, 0.05) is 6.08 Å². The average Bonchev–Trinajstić information content (AvgIpc) is 2.70. The Bertz CT molecular complexity index is 846. The van der Waals surface area contributed by atoms with Crippen LogP contribution in [-0.4, -0.2) is 38.7 Å². The summed E-state index contributed by atoms with van der Waals surface area (Å²) in [5, 5.41) is 0. The summed E-state index contributed by atoms with van der Waals surface area (Å²) >= 11 is 0. The van der Waals surface area contributed by atoms with E-state index in [0.717, 1.165) is 5.56 Å². The van der Waals surface area contributed by atoms with Gasteiger partial charge in [-0.2, -0.15) is 0 Å². The van der Waals surface area contributed by atoms with Crippen molar-refractivity contribution in [2.24, 2.45) is 0 Å². The lowest BCUT2D eigenvalue weighted by Gasteiger charge is -2.32. The Balaban J connectivity index is 1.85. The van der Waals surface area contributed by atoms with Crippen LogP contribution < -0.4 is 14.4 Å². The highest BCUT2D eigenvalue weighted by molar-refractivity contribution is 6.05. The first-order valence-corrected chi connectivity index (χ1v) is 8.09. The molecule has 1 heterocycles. The van der Waals surface area contributed by atoms with Crippen LogP contribution in [0.5, 0.6) is 11.5 Å². The molecule has 1 atom stereocenters. The van der Waals surface area contributed by atoms with Crippen molar-refractivity contribution in [3.05, 3.63) is 60.2 Å². The maximum atomic E-state index is 12.7. The van der Waals surface area contributed by atoms with E-state index in [9.17, 15) is 9.59 Å². The number of anilines is 1. The van der Waals surface area contributed by atoms with Gasteiger partial charge in [-0.1, -0.05) is 24.3 Å². The van der Waals surface area contributed by atoms with Crippen molar-refractivity contribution in [1.29, 1.82) is 0 Å². The zero-order valence-corrected chi connectivity index (χ0v) is 14.5. The Labute approximate surface area is 151 Å². The highest BCUT2D eigenvalue weighted by Crippen LogP contribution is 2.33. The van der Waals surface area contributed by atoms with Gasteiger partial charge in [0.05, 0.1) is 26.5 Å². The number of carbonyl (C=O) groups excluding carboxylic acids is 2. The summed E-state index contributed by atoms with van der Waals surface area (Å²) in [5.41, 5.74) is 1.46. The van der Waals surface area contributed by atoms with E-state index < -0.39 is 12.1 Å². The summed E-state index contributed by atoms with van der Waals surface area (Å²) in [4.78, 5) is 26.1. The zero-order chi connectivity index (χ0) is 18.5. The fourth-order valence-corrected chi connectivity index (χ4v) is 2.70. The second-order valence-corrected chi connectivity index (χ2v) is 5.66. The van der Waals surface area contributed by atoms with Crippen LogP contribution in [0.15, 0.2) is 54.6 Å². The fourth-order valence-electron chi connectivity index (χ4n) is 2.70. The molecule has 6 nitrogen and oxygen atoms in total. The third-order valence-electron chi connectivity index (χ3n) is 4.02. The van der Waals surface area contributed by atoms with Gasteiger partial charge in [-0.05, 0) is 35.9 Å². The van der Waals surface area contributed by atoms with E-state index in [1.807, 2.05) is 30.3 Å². The van der Waals surface area contributed by atoms with Gasteiger partial charge < -0.3 is 19.1 Å². The average molecular weight is 353 g/mol. The van der Waals surface area contributed by atoms with Gasteiger partial charge in [0.2, 0.25) is 6.10 Å². The maximum absolute atomic E-state index is 12.7. The van der Waals surface area contributed by atoms with Crippen LogP contribution in [0.1, 0.15) is 5.56 Å². The number of methoxy groups -OCH3 is 2. The van der Waals surface area contributed by atoms with E-state index in [1.165, 1.54) is 18.1 Å². The molecule has 0 aromatic heterocycles. The molecule has 2 aromatic rings. The molecule has 0 spiro atoms. The van der Waals surface area contributed by atoms with Gasteiger partial charge in [-0.3, -0.25) is 4.79 Å². The summed E-state index contributed by atoms with van der Waals surface area (Å²) in [6, 6.07) is 14.5. The molecule has 1 aliphatic heterocycles. The van der Waals surface area contributed by atoms with Crippen molar-refractivity contribution < 1.29 is 23.8 Å². The van der Waals surface area contributed by atoms with Crippen LogP contribution >= 0.6 is 0 Å². The number of para-hydroxylation sites is 2. The SMILES string of the molecule is COC(=O)C1CN(C(=O)C=Cc2cccc(OC)c2)c2ccccc2O1. The molecule has 1 amide bonds. The summed E-state index contributed by atoms with van der Waals surface area (Å²) in [6.45, 7) is 0.0883. The highest BCUT2D eigenvalue weighted by Gasteiger charge is 2.33. The Kier molecular flexibility index (Phi) is 5.22. The first-order chi connectivity index (χ1) is 12.6. The molecule has 1 unspecified atom stereocenters. The molecule has 0 saturated carbocycles. The van der Waals surface area contributed by atoms with Crippen LogP contribution in [-0.2, 0) is 14.3 Å². The lowest BCUT2D eigenvalue weighted by molar-refractivity contribution is -0.148. The number of carbonyl (C=O) groups is 2. The molecule has 2 aromatic carbocycles. The third-order valence-corrected chi connectivity index (χ3v) is 4.02. The summed E-state index contributed by atoms with van der Waals surface area (Å²) < 4.78 is 15.6. The molecular formula is C20H19NO5. The molecular weight excluding hydrogens is 334 g/mol. The molecule has 0 saturated heterocycles. The van der Waals surface area contributed by atoms with Crippen LogP contribution in [0, 0.1) is 0 Å². The van der Waals surface area contributed by atoms with E-state index in [4.69, 9.17) is 14.2 Å². The van der Waals surface area contributed by atoms with Crippen molar-refractivity contribution in [1.82, 2.24) is 0 Å². The quantitative estimate of drug-likeness (QED) is 0.625. The highest BCUT2D eigenvalue weighted by atomic mass is 16.6. The molecule has 0 fully saturated rings. The minimum absolute atomic E-state index is 0.0883. The number of hydrogen-bond acceptors (Lipinski definition) is 5. The first-order valence-electron chi connectivity index (χ1n) is 8.09. The summed E-state index contributed by atoms with van der Waals surface area (Å²) in [6.07, 6.45) is 2.31. The number of hydrogen-bond donors (Lipinski definition) is 0. The topological polar surface area (TPSA) is 65.1 Å². The largest absolute Gasteiger partial charge is 0.497 e. The number of fused-ring (bicyclic) bond motifs is 1. The monoisotopic (exact) mass is 353 g/mol. The summed E-state index contributed by atoms with van der Waals surface area (Å²) in [5.74, 6) is 0.408. The molecule has 26 heavy (non-hydrogen) atoms. The number of benzene rings is 2. The van der Waals surface area contributed by atoms with E-state index in [2.05, 4.69) is 0 Å². The molecule has 6 heteroatoms. The molecule has 0 N–H and O–H groups in total. The third kappa shape index (κ3) is 3.69. The van der Waals surface area contributed by atoms with Gasteiger partial charge in [-0.25, -0.2) is 4.79 Å². The molecule has 1 aliphatic rings. The minimum atomic E-state index is -0.857. The Morgan fingerprint density at radius 3 is 2.73 bits per heavy atom. The van der Waals surface area contributed by atoms with Gasteiger partial charge >= 0.3 is 5.97 Å². The van der Waals surface area contributed by atoms with Crippen LogP contribution in [0.2, 0.25) is 0 Å². The molecule has 0 aliphatic carbocycles. The van der Waals surface area contributed by atoms with Crippen molar-refractivity contribution >= 4 is 23.6 Å². The summed E-state index contributed by atoms with van der Waals surface area (Å²) in [7, 11) is 2.88. The van der Waals surface area contributed by atoms with Gasteiger partial charge in [0.1, 0.15) is 11.5 Å². The van der Waals surface area contributed by atoms with Crippen molar-refractivity contribution in [2.75, 3.05) is 25.7 Å². The fraction of sp³-hybridized carbons (Fsp3) is 0.200. The normalized spacial score (nSPS) is 15.9. The molecule has 3 rings (SSSR count). The van der Waals surface area contributed by atoms with E-state index in [0.29, 0.717) is 17.2 Å². The van der Waals surface area contributed by atoms with Crippen LogP contribution in [0.3, 0.4) is 0 Å². The minimum Gasteiger partial charge on any atom is -0.497 e. The Morgan fingerprint density at radius 2 is 1.96 bits per heavy atom. The Hall–Kier alpha value is -3.28. The van der Waals surface area contributed by atoms with Gasteiger partial charge in [-0.15, -0.1) is 0 Å². The number of nitrogens with zero attached hydrogens (tertiary/aromatic N) is 1. The Morgan fingerprint density at radius 1 is 1.15 bits per heavy atom. The van der Waals surface area contributed by atoms with E-state index in [-0.39, 0.29) is 12.5 Å². The van der Waals surface area contributed by atoms with E-state index in [1.54, 1.807) is 31.4 Å². The molecule has 0 radical (unpaired) electrons. The van der Waals surface area contributed by atoms with Crippen LogP contribution in [0.4, 0.5) is 5.69 Å². The smallest absolute Gasteiger partial charge is 0.348 e. The predicted molar refractivity (Wildman–Crippen MR) is 97.3 cm³/mol. The van der Waals surface area contributed by atoms with Gasteiger partial charge in [0.15, 0.2) is 0 Å². The number of rotatable bonds is 4. The number of amides is 1. The van der Waals surface area contributed by atoms with E-state index >= 15 is 0 Å². The number of ether oxygens (including phenoxy) is 3. The second-order valence-electron chi connectivity index (χ2n) is 5.66. The van der Waals surface area contributed by atoms with Crippen molar-refractivity contribution in [3.63, 3.8) is 0 Å². The number of esters is 1. The standard InChI is InChI=1S/C20H19NO5/c1-24-15-7-5-6-14(12-15)10-11-19(22)21-13-18(20(23)25-2)26-17-9-4-3-8-16(17)21/h3-12,18H,13H2,1-2H3. The van der Waals surface area contributed by atoms with Crippen molar-refractivity contribution in [2.45, 2.75) is 6.10 Å². The van der Waals surface area contributed by atoms with Crippen molar-refractivity contribution in [3.8, 4) is 11.5 Å². The lowest BCUT2D eigenvalue weighted by atomic mass is 10.1. The van der Waals surface area contributed by atoms with Crippen LogP contribution in [0.25, 0.3) is 6.08 Å². The maximum Gasteiger partial charge on any atom is 0.348 e. The van der Waals surface area contributed by atoms with Gasteiger partial charge in [0.25, 0.3) is 5.91 Å².